The summed E-state index contributed by atoms with van der Waals surface area (Å²) in [6.45, 7) is 11.1. The van der Waals surface area contributed by atoms with Gasteiger partial charge in [0.05, 0.1) is 4.92 Å². The lowest BCUT2D eigenvalue weighted by atomic mass is 9.95. The van der Waals surface area contributed by atoms with Crippen LogP contribution in [0.1, 0.15) is 45.7 Å². The zero-order valence-electron chi connectivity index (χ0n) is 18.2. The molecule has 2 aromatic rings. The fourth-order valence-corrected chi connectivity index (χ4v) is 3.58. The van der Waals surface area contributed by atoms with Crippen LogP contribution in [-0.2, 0) is 11.2 Å². The topological polar surface area (TPSA) is 93.5 Å². The van der Waals surface area contributed by atoms with Crippen LogP contribution in [0.15, 0.2) is 47.4 Å². The number of rotatable bonds is 7. The van der Waals surface area contributed by atoms with Crippen molar-refractivity contribution in [2.45, 2.75) is 64.0 Å². The van der Waals surface area contributed by atoms with E-state index < -0.39 is 17.2 Å². The lowest BCUT2D eigenvalue weighted by Gasteiger charge is -2.28. The third kappa shape index (κ3) is 7.59. The summed E-state index contributed by atoms with van der Waals surface area (Å²) in [7, 11) is 0. The summed E-state index contributed by atoms with van der Waals surface area (Å²) in [4.78, 5) is 23.5. The highest BCUT2D eigenvalue weighted by Gasteiger charge is 2.24. The van der Waals surface area contributed by atoms with Gasteiger partial charge >= 0.3 is 6.09 Å². The Kier molecular flexibility index (Phi) is 7.36. The molecule has 0 aliphatic rings. The Hall–Kier alpha value is -2.74. The number of carbonyl (C=O) groups is 1. The van der Waals surface area contributed by atoms with Crippen molar-refractivity contribution in [3.63, 3.8) is 0 Å². The van der Waals surface area contributed by atoms with Crippen LogP contribution in [0.2, 0.25) is 0 Å². The molecule has 2 rings (SSSR count). The van der Waals surface area contributed by atoms with Crippen molar-refractivity contribution in [3.8, 4) is 0 Å². The number of anilines is 1. The summed E-state index contributed by atoms with van der Waals surface area (Å²) in [5.41, 5.74) is 1.75. The van der Waals surface area contributed by atoms with Gasteiger partial charge in [0, 0.05) is 27.8 Å². The molecule has 0 aliphatic heterocycles. The normalized spacial score (nSPS) is 11.7. The summed E-state index contributed by atoms with van der Waals surface area (Å²) in [5.74, 6) is 0. The summed E-state index contributed by atoms with van der Waals surface area (Å²) < 4.78 is 8.57. The summed E-state index contributed by atoms with van der Waals surface area (Å²) in [6.07, 6.45) is 0.224. The van der Waals surface area contributed by atoms with Crippen LogP contribution in [0.25, 0.3) is 0 Å². The van der Waals surface area contributed by atoms with Gasteiger partial charge < -0.3 is 14.8 Å². The molecule has 0 saturated carbocycles. The number of aryl methyl sites for hydroxylation is 1. The molecule has 0 atom stereocenters. The quantitative estimate of drug-likeness (QED) is 0.324. The van der Waals surface area contributed by atoms with E-state index in [0.29, 0.717) is 12.0 Å². The van der Waals surface area contributed by atoms with Crippen molar-refractivity contribution in [3.05, 3.63) is 63.7 Å². The molecular formula is C22H29N3O4S. The Balaban J connectivity index is 1.92. The molecule has 0 unspecified atom stereocenters. The van der Waals surface area contributed by atoms with E-state index in [1.165, 1.54) is 18.0 Å². The van der Waals surface area contributed by atoms with Crippen molar-refractivity contribution < 1.29 is 14.5 Å². The first-order chi connectivity index (χ1) is 13.8. The van der Waals surface area contributed by atoms with E-state index in [0.717, 1.165) is 16.1 Å². The number of amides is 1. The molecule has 0 aliphatic carbocycles. The molecule has 0 bridgehead atoms. The third-order valence-electron chi connectivity index (χ3n) is 4.09. The van der Waals surface area contributed by atoms with Gasteiger partial charge in [-0.3, -0.25) is 10.1 Å². The number of alkyl carbamates (subject to hydrolysis) is 1. The van der Waals surface area contributed by atoms with E-state index in [-0.39, 0.29) is 10.6 Å². The Labute approximate surface area is 181 Å². The highest BCUT2D eigenvalue weighted by atomic mass is 32.2. The second-order valence-corrected chi connectivity index (χ2v) is 9.67. The van der Waals surface area contributed by atoms with Gasteiger partial charge in [0.2, 0.25) is 0 Å². The molecule has 8 heteroatoms. The molecule has 0 radical (unpaired) electrons. The van der Waals surface area contributed by atoms with Gasteiger partial charge in [0.1, 0.15) is 5.60 Å². The summed E-state index contributed by atoms with van der Waals surface area (Å²) in [6, 6.07) is 13.0. The van der Waals surface area contributed by atoms with E-state index in [1.807, 2.05) is 58.9 Å². The highest BCUT2D eigenvalue weighted by Crippen LogP contribution is 2.27. The van der Waals surface area contributed by atoms with Crippen LogP contribution in [-0.4, -0.2) is 22.2 Å². The fourth-order valence-electron chi connectivity index (χ4n) is 2.84. The molecule has 0 heterocycles. The van der Waals surface area contributed by atoms with Gasteiger partial charge in [-0.1, -0.05) is 12.1 Å². The van der Waals surface area contributed by atoms with Gasteiger partial charge in [-0.05, 0) is 89.7 Å². The average molecular weight is 432 g/mol. The van der Waals surface area contributed by atoms with E-state index in [1.54, 1.807) is 19.1 Å². The van der Waals surface area contributed by atoms with Gasteiger partial charge in [0.25, 0.3) is 5.69 Å². The average Bonchev–Trinajstić information content (AvgIpc) is 2.58. The summed E-state index contributed by atoms with van der Waals surface area (Å²) in [5, 5.41) is 13.8. The molecule has 0 saturated heterocycles. The second kappa shape index (κ2) is 9.38. The Morgan fingerprint density at radius 3 is 2.27 bits per heavy atom. The zero-order chi connectivity index (χ0) is 22.5. The second-order valence-electron chi connectivity index (χ2n) is 8.79. The maximum absolute atomic E-state index is 12.0. The standard InChI is InChI=1S/C22H29N3O4S/c1-15-13-18(11-12-19(15)25(27)28)30-24-17-9-7-16(8-10-17)14-22(5,6)23-20(26)29-21(2,3)4/h7-13,24H,14H2,1-6H3,(H,23,26). The van der Waals surface area contributed by atoms with Crippen LogP contribution in [0.3, 0.4) is 0 Å². The first kappa shape index (κ1) is 23.5. The number of hydrogen-bond acceptors (Lipinski definition) is 6. The third-order valence-corrected chi connectivity index (χ3v) is 4.92. The largest absolute Gasteiger partial charge is 0.444 e. The maximum Gasteiger partial charge on any atom is 0.408 e. The van der Waals surface area contributed by atoms with Crippen molar-refractivity contribution >= 4 is 29.4 Å². The number of nitro groups is 1. The highest BCUT2D eigenvalue weighted by molar-refractivity contribution is 8.00. The molecule has 1 amide bonds. The Morgan fingerprint density at radius 2 is 1.73 bits per heavy atom. The molecule has 0 aromatic heterocycles. The van der Waals surface area contributed by atoms with Crippen molar-refractivity contribution in [1.29, 1.82) is 0 Å². The van der Waals surface area contributed by atoms with E-state index >= 15 is 0 Å². The Morgan fingerprint density at radius 1 is 1.10 bits per heavy atom. The molecule has 7 nitrogen and oxygen atoms in total. The number of benzene rings is 2. The predicted octanol–water partition coefficient (Wildman–Crippen LogP) is 5.87. The lowest BCUT2D eigenvalue weighted by Crippen LogP contribution is -2.47. The number of hydrogen-bond donors (Lipinski definition) is 2. The van der Waals surface area contributed by atoms with Crippen LogP contribution < -0.4 is 10.0 Å². The van der Waals surface area contributed by atoms with Crippen molar-refractivity contribution in [2.24, 2.45) is 0 Å². The minimum Gasteiger partial charge on any atom is -0.444 e. The van der Waals surface area contributed by atoms with Gasteiger partial charge in [-0.15, -0.1) is 0 Å². The van der Waals surface area contributed by atoms with Crippen LogP contribution in [0.5, 0.6) is 0 Å². The maximum atomic E-state index is 12.0. The van der Waals surface area contributed by atoms with E-state index in [9.17, 15) is 14.9 Å². The van der Waals surface area contributed by atoms with Crippen molar-refractivity contribution in [2.75, 3.05) is 4.72 Å². The summed E-state index contributed by atoms with van der Waals surface area (Å²) >= 11 is 1.39. The number of nitrogens with zero attached hydrogens (tertiary/aromatic N) is 1. The van der Waals surface area contributed by atoms with Gasteiger partial charge in [-0.25, -0.2) is 4.79 Å². The minimum absolute atomic E-state index is 0.117. The SMILES string of the molecule is Cc1cc(SNc2ccc(CC(C)(C)NC(=O)OC(C)(C)C)cc2)ccc1[N+](=O)[O-]. The predicted molar refractivity (Wildman–Crippen MR) is 121 cm³/mol. The molecule has 0 spiro atoms. The number of carbonyl (C=O) groups excluding carboxylic acids is 1. The Bertz CT molecular complexity index is 906. The van der Waals surface area contributed by atoms with Crippen LogP contribution >= 0.6 is 11.9 Å². The molecule has 162 valence electrons. The van der Waals surface area contributed by atoms with Gasteiger partial charge in [-0.2, -0.15) is 0 Å². The van der Waals surface area contributed by atoms with Crippen LogP contribution in [0, 0.1) is 17.0 Å². The van der Waals surface area contributed by atoms with Crippen LogP contribution in [0.4, 0.5) is 16.2 Å². The number of nitrogens with one attached hydrogen (secondary N) is 2. The van der Waals surface area contributed by atoms with Gasteiger partial charge in [0.15, 0.2) is 0 Å². The van der Waals surface area contributed by atoms with Crippen molar-refractivity contribution in [1.82, 2.24) is 5.32 Å². The lowest BCUT2D eigenvalue weighted by molar-refractivity contribution is -0.385. The molecular weight excluding hydrogens is 402 g/mol. The monoisotopic (exact) mass is 431 g/mol. The van der Waals surface area contributed by atoms with E-state index in [2.05, 4.69) is 10.0 Å². The first-order valence-corrected chi connectivity index (χ1v) is 10.4. The smallest absolute Gasteiger partial charge is 0.408 e. The fraction of sp³-hybridized carbons (Fsp3) is 0.409. The first-order valence-electron chi connectivity index (χ1n) is 9.63. The molecule has 2 aromatic carbocycles. The zero-order valence-corrected chi connectivity index (χ0v) is 19.1. The number of nitro benzene ring substituents is 1. The minimum atomic E-state index is -0.534. The molecule has 0 fully saturated rings. The van der Waals surface area contributed by atoms with E-state index in [4.69, 9.17) is 4.74 Å². The molecule has 30 heavy (non-hydrogen) atoms. The molecule has 2 N–H and O–H groups in total. The number of ether oxygens (including phenoxy) is 1.